The van der Waals surface area contributed by atoms with Crippen molar-refractivity contribution in [3.63, 3.8) is 0 Å². The van der Waals surface area contributed by atoms with Gasteiger partial charge in [-0.25, -0.2) is 8.42 Å². The molecule has 3 aromatic carbocycles. The molecule has 0 saturated carbocycles. The second-order valence-electron chi connectivity index (χ2n) is 6.51. The Morgan fingerprint density at radius 3 is 1.89 bits per heavy atom. The zero-order valence-corrected chi connectivity index (χ0v) is 16.6. The number of hydrogen-bond donors (Lipinski definition) is 1. The Labute approximate surface area is 165 Å². The van der Waals surface area contributed by atoms with E-state index < -0.39 is 10.0 Å². The summed E-state index contributed by atoms with van der Waals surface area (Å²) in [5, 5.41) is 3.06. The highest BCUT2D eigenvalue weighted by Gasteiger charge is 2.19. The van der Waals surface area contributed by atoms with Crippen LogP contribution in [-0.2, 0) is 10.0 Å². The maximum Gasteiger partial charge on any atom is 0.252 e. The maximum absolute atomic E-state index is 12.9. The van der Waals surface area contributed by atoms with Gasteiger partial charge in [0.2, 0.25) is 10.0 Å². The highest BCUT2D eigenvalue weighted by atomic mass is 32.2. The Bertz CT molecular complexity index is 1010. The Hall–Kier alpha value is -3.12. The first-order chi connectivity index (χ1) is 13.4. The molecule has 0 bridgehead atoms. The second kappa shape index (κ2) is 8.27. The molecule has 0 saturated heterocycles. The molecule has 1 N–H and O–H groups in total. The average Bonchev–Trinajstić information content (AvgIpc) is 2.72. The molecule has 0 aromatic heterocycles. The van der Waals surface area contributed by atoms with E-state index in [9.17, 15) is 13.2 Å². The van der Waals surface area contributed by atoms with Crippen LogP contribution in [0, 0.1) is 0 Å². The Morgan fingerprint density at radius 1 is 0.857 bits per heavy atom. The van der Waals surface area contributed by atoms with Crippen molar-refractivity contribution in [2.24, 2.45) is 0 Å². The van der Waals surface area contributed by atoms with Crippen LogP contribution in [0.3, 0.4) is 0 Å². The Kier molecular flexibility index (Phi) is 5.80. The summed E-state index contributed by atoms with van der Waals surface area (Å²) in [7, 11) is -1.94. The van der Waals surface area contributed by atoms with Gasteiger partial charge in [-0.3, -0.25) is 9.10 Å². The summed E-state index contributed by atoms with van der Waals surface area (Å²) < 4.78 is 24.7. The van der Waals surface area contributed by atoms with Gasteiger partial charge < -0.3 is 5.32 Å². The summed E-state index contributed by atoms with van der Waals surface area (Å²) in [6.45, 7) is 0. The molecule has 28 heavy (non-hydrogen) atoms. The van der Waals surface area contributed by atoms with Crippen molar-refractivity contribution in [3.8, 4) is 0 Å². The van der Waals surface area contributed by atoms with Crippen molar-refractivity contribution in [2.45, 2.75) is 6.04 Å². The molecule has 3 rings (SSSR count). The number of carbonyl (C=O) groups is 1. The number of amides is 1. The van der Waals surface area contributed by atoms with E-state index in [1.54, 1.807) is 24.3 Å². The summed E-state index contributed by atoms with van der Waals surface area (Å²) in [6, 6.07) is 25.7. The molecule has 0 atom stereocenters. The number of benzene rings is 3. The first kappa shape index (κ1) is 19.6. The fourth-order valence-corrected chi connectivity index (χ4v) is 3.40. The Morgan fingerprint density at radius 2 is 1.39 bits per heavy atom. The standard InChI is InChI=1S/C22H22N2O3S/c1-24(28(2,26)27)20-15-9-14-19(16-20)22(25)23-21(17-10-5-3-6-11-17)18-12-7-4-8-13-18/h3-16,21H,1-2H3,(H,23,25). The minimum absolute atomic E-state index is 0.276. The van der Waals surface area contributed by atoms with Crippen LogP contribution in [0.2, 0.25) is 0 Å². The molecule has 0 unspecified atom stereocenters. The molecule has 0 aliphatic rings. The number of nitrogens with zero attached hydrogens (tertiary/aromatic N) is 1. The summed E-state index contributed by atoms with van der Waals surface area (Å²) in [6.07, 6.45) is 1.13. The monoisotopic (exact) mass is 394 g/mol. The van der Waals surface area contributed by atoms with Crippen LogP contribution in [0.15, 0.2) is 84.9 Å². The first-order valence-corrected chi connectivity index (χ1v) is 10.7. The van der Waals surface area contributed by atoms with E-state index in [4.69, 9.17) is 0 Å². The van der Waals surface area contributed by atoms with Gasteiger partial charge in [0.15, 0.2) is 0 Å². The van der Waals surface area contributed by atoms with Gasteiger partial charge >= 0.3 is 0 Å². The SMILES string of the molecule is CN(c1cccc(C(=O)NC(c2ccccc2)c2ccccc2)c1)S(C)(=O)=O. The number of carbonyl (C=O) groups excluding carboxylic acids is 1. The second-order valence-corrected chi connectivity index (χ2v) is 8.52. The highest BCUT2D eigenvalue weighted by Crippen LogP contribution is 2.23. The molecule has 5 nitrogen and oxygen atoms in total. The van der Waals surface area contributed by atoms with Crippen LogP contribution in [0.4, 0.5) is 5.69 Å². The molecular formula is C22H22N2O3S. The van der Waals surface area contributed by atoms with Gasteiger partial charge in [-0.05, 0) is 29.3 Å². The van der Waals surface area contributed by atoms with Gasteiger partial charge in [0.1, 0.15) is 0 Å². The third-order valence-corrected chi connectivity index (χ3v) is 5.72. The summed E-state index contributed by atoms with van der Waals surface area (Å²) in [5.74, 6) is -0.276. The predicted molar refractivity (Wildman–Crippen MR) is 112 cm³/mol. The molecule has 144 valence electrons. The number of rotatable bonds is 6. The smallest absolute Gasteiger partial charge is 0.252 e. The molecule has 0 heterocycles. The topological polar surface area (TPSA) is 66.5 Å². The highest BCUT2D eigenvalue weighted by molar-refractivity contribution is 7.92. The van der Waals surface area contributed by atoms with Crippen LogP contribution in [0.5, 0.6) is 0 Å². The molecule has 0 fully saturated rings. The van der Waals surface area contributed by atoms with Crippen molar-refractivity contribution < 1.29 is 13.2 Å². The van der Waals surface area contributed by atoms with E-state index in [0.717, 1.165) is 21.7 Å². The molecular weight excluding hydrogens is 372 g/mol. The van der Waals surface area contributed by atoms with Gasteiger partial charge in [-0.1, -0.05) is 66.7 Å². The third kappa shape index (κ3) is 4.58. The summed E-state index contributed by atoms with van der Waals surface area (Å²) in [4.78, 5) is 12.9. The first-order valence-electron chi connectivity index (χ1n) is 8.81. The van der Waals surface area contributed by atoms with Gasteiger partial charge in [0.05, 0.1) is 18.0 Å². The van der Waals surface area contributed by atoms with E-state index in [0.29, 0.717) is 11.3 Å². The van der Waals surface area contributed by atoms with Crippen LogP contribution in [0.25, 0.3) is 0 Å². The lowest BCUT2D eigenvalue weighted by atomic mass is 9.98. The normalized spacial score (nSPS) is 11.2. The summed E-state index contributed by atoms with van der Waals surface area (Å²) in [5.41, 5.74) is 2.76. The van der Waals surface area contributed by atoms with Crippen LogP contribution < -0.4 is 9.62 Å². The number of hydrogen-bond acceptors (Lipinski definition) is 3. The van der Waals surface area contributed by atoms with Crippen LogP contribution in [-0.4, -0.2) is 27.6 Å². The van der Waals surface area contributed by atoms with E-state index in [2.05, 4.69) is 5.32 Å². The maximum atomic E-state index is 12.9. The van der Waals surface area contributed by atoms with Gasteiger partial charge in [-0.2, -0.15) is 0 Å². The largest absolute Gasteiger partial charge is 0.341 e. The molecule has 0 aliphatic carbocycles. The zero-order valence-electron chi connectivity index (χ0n) is 15.7. The molecule has 6 heteroatoms. The molecule has 0 spiro atoms. The van der Waals surface area contributed by atoms with Crippen molar-refractivity contribution >= 4 is 21.6 Å². The summed E-state index contributed by atoms with van der Waals surface area (Å²) >= 11 is 0. The van der Waals surface area contributed by atoms with E-state index in [-0.39, 0.29) is 11.9 Å². The minimum Gasteiger partial charge on any atom is -0.341 e. The van der Waals surface area contributed by atoms with E-state index in [1.807, 2.05) is 60.7 Å². The quantitative estimate of drug-likeness (QED) is 0.695. The van der Waals surface area contributed by atoms with Crippen molar-refractivity contribution in [1.29, 1.82) is 0 Å². The van der Waals surface area contributed by atoms with E-state index in [1.165, 1.54) is 7.05 Å². The minimum atomic E-state index is -3.41. The molecule has 0 aliphatic heterocycles. The molecule has 3 aromatic rings. The zero-order chi connectivity index (χ0) is 20.1. The third-order valence-electron chi connectivity index (χ3n) is 4.51. The van der Waals surface area contributed by atoms with Gasteiger partial charge in [0.25, 0.3) is 5.91 Å². The van der Waals surface area contributed by atoms with Gasteiger partial charge in [0, 0.05) is 12.6 Å². The van der Waals surface area contributed by atoms with Crippen molar-refractivity contribution in [3.05, 3.63) is 102 Å². The lowest BCUT2D eigenvalue weighted by Gasteiger charge is -2.21. The van der Waals surface area contributed by atoms with Crippen molar-refractivity contribution in [1.82, 2.24) is 5.32 Å². The van der Waals surface area contributed by atoms with Crippen molar-refractivity contribution in [2.75, 3.05) is 17.6 Å². The average molecular weight is 394 g/mol. The van der Waals surface area contributed by atoms with Gasteiger partial charge in [-0.15, -0.1) is 0 Å². The molecule has 1 amide bonds. The number of sulfonamides is 1. The lowest BCUT2D eigenvalue weighted by Crippen LogP contribution is -2.30. The fourth-order valence-electron chi connectivity index (χ4n) is 2.90. The Balaban J connectivity index is 1.91. The van der Waals surface area contributed by atoms with E-state index >= 15 is 0 Å². The van der Waals surface area contributed by atoms with Crippen LogP contribution >= 0.6 is 0 Å². The molecule has 0 radical (unpaired) electrons. The lowest BCUT2D eigenvalue weighted by molar-refractivity contribution is 0.0943. The number of nitrogens with one attached hydrogen (secondary N) is 1. The fraction of sp³-hybridized carbons (Fsp3) is 0.136. The van der Waals surface area contributed by atoms with Crippen LogP contribution in [0.1, 0.15) is 27.5 Å². The number of anilines is 1. The predicted octanol–water partition coefficient (Wildman–Crippen LogP) is 3.60.